The molecule has 0 aliphatic heterocycles. The summed E-state index contributed by atoms with van der Waals surface area (Å²) in [5.74, 6) is 0. The quantitative estimate of drug-likeness (QED) is 0.763. The highest BCUT2D eigenvalue weighted by atomic mass is 28.4. The van der Waals surface area contributed by atoms with E-state index in [1.54, 1.807) is 14.2 Å². The Bertz CT molecular complexity index is 331. The molecular formula is C12H22O2Si2. The SMILES string of the molecule is CO[Si](C)(C)c1cccc([Si](C)(C)OC)c1. The van der Waals surface area contributed by atoms with Gasteiger partial charge in [0, 0.05) is 14.2 Å². The fraction of sp³-hybridized carbons (Fsp3) is 0.500. The molecule has 0 radical (unpaired) electrons. The van der Waals surface area contributed by atoms with Gasteiger partial charge in [0.15, 0.2) is 0 Å². The van der Waals surface area contributed by atoms with Gasteiger partial charge in [-0.2, -0.15) is 0 Å². The van der Waals surface area contributed by atoms with Gasteiger partial charge in [0.25, 0.3) is 0 Å². The molecule has 0 bridgehead atoms. The van der Waals surface area contributed by atoms with Gasteiger partial charge in [-0.1, -0.05) is 24.3 Å². The van der Waals surface area contributed by atoms with Crippen LogP contribution in [0.15, 0.2) is 24.3 Å². The summed E-state index contributed by atoms with van der Waals surface area (Å²) in [6.07, 6.45) is 0. The van der Waals surface area contributed by atoms with E-state index < -0.39 is 16.6 Å². The monoisotopic (exact) mass is 254 g/mol. The first-order valence-corrected chi connectivity index (χ1v) is 11.4. The lowest BCUT2D eigenvalue weighted by Gasteiger charge is -2.25. The lowest BCUT2D eigenvalue weighted by Crippen LogP contribution is -2.50. The second-order valence-electron chi connectivity index (χ2n) is 5.01. The molecule has 0 aliphatic carbocycles. The van der Waals surface area contributed by atoms with Crippen LogP contribution in [0.5, 0.6) is 0 Å². The summed E-state index contributed by atoms with van der Waals surface area (Å²) in [4.78, 5) is 0. The largest absolute Gasteiger partial charge is 0.416 e. The van der Waals surface area contributed by atoms with Crippen LogP contribution in [0, 0.1) is 0 Å². The molecule has 2 nitrogen and oxygen atoms in total. The molecule has 1 aromatic carbocycles. The third-order valence-corrected chi connectivity index (χ3v) is 8.72. The lowest BCUT2D eigenvalue weighted by atomic mass is 10.4. The van der Waals surface area contributed by atoms with E-state index in [4.69, 9.17) is 8.85 Å². The smallest absolute Gasteiger partial charge is 0.217 e. The van der Waals surface area contributed by atoms with Crippen molar-refractivity contribution in [3.8, 4) is 0 Å². The van der Waals surface area contributed by atoms with Crippen LogP contribution in [-0.4, -0.2) is 30.9 Å². The second-order valence-corrected chi connectivity index (χ2v) is 13.0. The van der Waals surface area contributed by atoms with Crippen molar-refractivity contribution in [2.24, 2.45) is 0 Å². The van der Waals surface area contributed by atoms with Gasteiger partial charge >= 0.3 is 0 Å². The zero-order valence-corrected chi connectivity index (χ0v) is 13.1. The number of hydrogen-bond acceptors (Lipinski definition) is 2. The Labute approximate surface area is 101 Å². The first-order valence-electron chi connectivity index (χ1n) is 5.55. The van der Waals surface area contributed by atoms with Crippen molar-refractivity contribution in [1.29, 1.82) is 0 Å². The molecule has 0 atom stereocenters. The normalized spacial score (nSPS) is 12.9. The summed E-state index contributed by atoms with van der Waals surface area (Å²) in [7, 11) is 0.187. The summed E-state index contributed by atoms with van der Waals surface area (Å²) in [6.45, 7) is 8.86. The maximum atomic E-state index is 5.64. The van der Waals surface area contributed by atoms with Crippen LogP contribution in [0.3, 0.4) is 0 Å². The van der Waals surface area contributed by atoms with E-state index >= 15 is 0 Å². The predicted molar refractivity (Wildman–Crippen MR) is 74.7 cm³/mol. The van der Waals surface area contributed by atoms with Crippen molar-refractivity contribution in [1.82, 2.24) is 0 Å². The Hall–Kier alpha value is -0.426. The summed E-state index contributed by atoms with van der Waals surface area (Å²) in [5.41, 5.74) is 0. The zero-order valence-electron chi connectivity index (χ0n) is 11.1. The van der Waals surface area contributed by atoms with Gasteiger partial charge in [-0.3, -0.25) is 0 Å². The van der Waals surface area contributed by atoms with Crippen LogP contribution in [0.25, 0.3) is 0 Å². The molecule has 0 saturated heterocycles. The summed E-state index contributed by atoms with van der Waals surface area (Å²) < 4.78 is 11.3. The van der Waals surface area contributed by atoms with Gasteiger partial charge in [0.2, 0.25) is 16.6 Å². The number of hydrogen-bond donors (Lipinski definition) is 0. The van der Waals surface area contributed by atoms with Crippen LogP contribution < -0.4 is 10.4 Å². The Kier molecular flexibility index (Phi) is 4.12. The molecule has 16 heavy (non-hydrogen) atoms. The fourth-order valence-electron chi connectivity index (χ4n) is 1.50. The molecule has 0 fully saturated rings. The first kappa shape index (κ1) is 13.6. The minimum absolute atomic E-state index is 1.34. The summed E-state index contributed by atoms with van der Waals surface area (Å²) in [5, 5.41) is 2.68. The Morgan fingerprint density at radius 2 is 1.19 bits per heavy atom. The molecule has 0 aromatic heterocycles. The number of benzene rings is 1. The molecule has 0 heterocycles. The van der Waals surface area contributed by atoms with E-state index in [1.807, 2.05) is 0 Å². The van der Waals surface area contributed by atoms with Gasteiger partial charge in [-0.15, -0.1) is 0 Å². The molecule has 4 heteroatoms. The molecule has 0 unspecified atom stereocenters. The lowest BCUT2D eigenvalue weighted by molar-refractivity contribution is 0.415. The zero-order chi connectivity index (χ0) is 12.4. The summed E-state index contributed by atoms with van der Waals surface area (Å²) >= 11 is 0. The van der Waals surface area contributed by atoms with Crippen LogP contribution in [0.2, 0.25) is 26.2 Å². The molecular weight excluding hydrogens is 232 g/mol. The minimum atomic E-state index is -1.71. The molecule has 0 saturated carbocycles. The van der Waals surface area contributed by atoms with E-state index in [9.17, 15) is 0 Å². The Morgan fingerprint density at radius 1 is 0.812 bits per heavy atom. The van der Waals surface area contributed by atoms with Gasteiger partial charge < -0.3 is 8.85 Å². The second kappa shape index (κ2) is 4.83. The van der Waals surface area contributed by atoms with E-state index in [2.05, 4.69) is 50.5 Å². The first-order chi connectivity index (χ1) is 7.33. The van der Waals surface area contributed by atoms with E-state index in [0.717, 1.165) is 0 Å². The van der Waals surface area contributed by atoms with Crippen molar-refractivity contribution in [3.05, 3.63) is 24.3 Å². The molecule has 1 rings (SSSR count). The number of rotatable bonds is 4. The maximum absolute atomic E-state index is 5.64. The van der Waals surface area contributed by atoms with Crippen LogP contribution >= 0.6 is 0 Å². The predicted octanol–water partition coefficient (Wildman–Crippen LogP) is 1.80. The summed E-state index contributed by atoms with van der Waals surface area (Å²) in [6, 6.07) is 8.72. The van der Waals surface area contributed by atoms with Crippen molar-refractivity contribution in [3.63, 3.8) is 0 Å². The fourth-order valence-corrected chi connectivity index (χ4v) is 4.12. The standard InChI is InChI=1S/C12H22O2Si2/c1-13-15(3,4)11-8-7-9-12(10-11)16(5,6)14-2/h7-10H,1-6H3. The topological polar surface area (TPSA) is 18.5 Å². The highest BCUT2D eigenvalue weighted by Crippen LogP contribution is 2.06. The van der Waals surface area contributed by atoms with E-state index in [-0.39, 0.29) is 0 Å². The van der Waals surface area contributed by atoms with Crippen molar-refractivity contribution < 1.29 is 8.85 Å². The molecule has 0 N–H and O–H groups in total. The van der Waals surface area contributed by atoms with Gasteiger partial charge in [0.05, 0.1) is 0 Å². The highest BCUT2D eigenvalue weighted by Gasteiger charge is 2.28. The average Bonchev–Trinajstić information content (AvgIpc) is 2.29. The van der Waals surface area contributed by atoms with Crippen LogP contribution in [0.1, 0.15) is 0 Å². The Balaban J connectivity index is 3.14. The van der Waals surface area contributed by atoms with E-state index in [0.29, 0.717) is 0 Å². The molecule has 90 valence electrons. The Morgan fingerprint density at radius 3 is 1.50 bits per heavy atom. The third kappa shape index (κ3) is 2.82. The minimum Gasteiger partial charge on any atom is -0.416 e. The van der Waals surface area contributed by atoms with Gasteiger partial charge in [-0.05, 0) is 36.6 Å². The third-order valence-electron chi connectivity index (χ3n) is 3.27. The van der Waals surface area contributed by atoms with Crippen molar-refractivity contribution >= 4 is 27.0 Å². The van der Waals surface area contributed by atoms with Gasteiger partial charge in [0.1, 0.15) is 0 Å². The van der Waals surface area contributed by atoms with Crippen molar-refractivity contribution in [2.75, 3.05) is 14.2 Å². The average molecular weight is 254 g/mol. The van der Waals surface area contributed by atoms with Crippen LogP contribution in [-0.2, 0) is 8.85 Å². The highest BCUT2D eigenvalue weighted by molar-refractivity contribution is 6.87. The molecule has 0 aliphatic rings. The maximum Gasteiger partial charge on any atom is 0.217 e. The van der Waals surface area contributed by atoms with Gasteiger partial charge in [-0.25, -0.2) is 0 Å². The van der Waals surface area contributed by atoms with E-state index in [1.165, 1.54) is 10.4 Å². The van der Waals surface area contributed by atoms with Crippen LogP contribution in [0.4, 0.5) is 0 Å². The van der Waals surface area contributed by atoms with Crippen molar-refractivity contribution in [2.45, 2.75) is 26.2 Å². The molecule has 0 amide bonds. The molecule has 1 aromatic rings. The molecule has 0 spiro atoms.